The summed E-state index contributed by atoms with van der Waals surface area (Å²) in [6.07, 6.45) is 3.74. The average Bonchev–Trinajstić information content (AvgIpc) is 3.19. The summed E-state index contributed by atoms with van der Waals surface area (Å²) in [6, 6.07) is 2.50. The number of hydrogen-bond acceptors (Lipinski definition) is 6. The number of H-pyrrole nitrogens is 1. The molecule has 3 heterocycles. The molecule has 0 aliphatic carbocycles. The Morgan fingerprint density at radius 1 is 1.35 bits per heavy atom. The zero-order valence-corrected chi connectivity index (χ0v) is 14.5. The lowest BCUT2D eigenvalue weighted by molar-refractivity contribution is -0.131. The van der Waals surface area contributed by atoms with Crippen molar-refractivity contribution in [3.63, 3.8) is 0 Å². The number of aromatic nitrogens is 4. The largest absolute Gasteiger partial charge is 0.356 e. The number of amides is 4. The van der Waals surface area contributed by atoms with Gasteiger partial charge in [-0.25, -0.2) is 9.78 Å². The standard InChI is InChI=1S/C16H19N7O3/c1-22-11(15(25)23(2)16(22)26)8-13(24)18-7-5-12-19-14(21-20-12)10-4-3-6-17-9-10/h3-4,6,9,11H,5,7-8H2,1-2H3,(H,18,24)(H,19,20,21). The van der Waals surface area contributed by atoms with E-state index in [4.69, 9.17) is 0 Å². The molecular formula is C16H19N7O3. The molecule has 0 aromatic carbocycles. The number of carbonyl (C=O) groups excluding carboxylic acids is 3. The van der Waals surface area contributed by atoms with Gasteiger partial charge in [-0.3, -0.25) is 24.6 Å². The second-order valence-corrected chi connectivity index (χ2v) is 5.96. The highest BCUT2D eigenvalue weighted by Crippen LogP contribution is 2.16. The van der Waals surface area contributed by atoms with Gasteiger partial charge in [-0.05, 0) is 12.1 Å². The number of pyridine rings is 1. The van der Waals surface area contributed by atoms with Crippen molar-refractivity contribution in [2.45, 2.75) is 18.9 Å². The van der Waals surface area contributed by atoms with Crippen molar-refractivity contribution in [2.24, 2.45) is 0 Å². The van der Waals surface area contributed by atoms with E-state index in [2.05, 4.69) is 25.5 Å². The van der Waals surface area contributed by atoms with Gasteiger partial charge in [0, 0.05) is 45.0 Å². The summed E-state index contributed by atoms with van der Waals surface area (Å²) in [5.74, 6) is 0.501. The minimum absolute atomic E-state index is 0.0667. The fourth-order valence-electron chi connectivity index (χ4n) is 2.68. The summed E-state index contributed by atoms with van der Waals surface area (Å²) < 4.78 is 0. The Kier molecular flexibility index (Phi) is 4.92. The fraction of sp³-hybridized carbons (Fsp3) is 0.375. The second kappa shape index (κ2) is 7.30. The molecule has 1 fully saturated rings. The van der Waals surface area contributed by atoms with Crippen molar-refractivity contribution >= 4 is 17.8 Å². The number of imide groups is 1. The SMILES string of the molecule is CN1C(=O)C(CC(=O)NCCc2nc(-c3cccnc3)n[nH]2)N(C)C1=O. The Hall–Kier alpha value is -3.30. The van der Waals surface area contributed by atoms with Gasteiger partial charge in [-0.1, -0.05) is 0 Å². The Labute approximate surface area is 149 Å². The lowest BCUT2D eigenvalue weighted by atomic mass is 10.2. The van der Waals surface area contributed by atoms with E-state index in [-0.39, 0.29) is 18.2 Å². The van der Waals surface area contributed by atoms with Gasteiger partial charge in [0.2, 0.25) is 5.91 Å². The molecule has 10 nitrogen and oxygen atoms in total. The van der Waals surface area contributed by atoms with Gasteiger partial charge < -0.3 is 10.2 Å². The predicted octanol–water partition coefficient (Wildman–Crippen LogP) is -0.192. The van der Waals surface area contributed by atoms with E-state index in [1.807, 2.05) is 6.07 Å². The molecule has 1 unspecified atom stereocenters. The first-order valence-electron chi connectivity index (χ1n) is 8.10. The summed E-state index contributed by atoms with van der Waals surface area (Å²) >= 11 is 0. The van der Waals surface area contributed by atoms with Gasteiger partial charge >= 0.3 is 6.03 Å². The molecule has 0 spiro atoms. The van der Waals surface area contributed by atoms with Crippen molar-refractivity contribution in [3.8, 4) is 11.4 Å². The molecule has 1 atom stereocenters. The molecule has 136 valence electrons. The van der Waals surface area contributed by atoms with Gasteiger partial charge in [-0.2, -0.15) is 5.10 Å². The van der Waals surface area contributed by atoms with Crippen molar-refractivity contribution in [3.05, 3.63) is 30.4 Å². The predicted molar refractivity (Wildman–Crippen MR) is 90.7 cm³/mol. The lowest BCUT2D eigenvalue weighted by Gasteiger charge is -2.15. The zero-order valence-electron chi connectivity index (χ0n) is 14.5. The van der Waals surface area contributed by atoms with Crippen LogP contribution in [0.25, 0.3) is 11.4 Å². The molecule has 0 bridgehead atoms. The van der Waals surface area contributed by atoms with E-state index in [0.717, 1.165) is 10.5 Å². The van der Waals surface area contributed by atoms with Crippen LogP contribution in [0.1, 0.15) is 12.2 Å². The maximum absolute atomic E-state index is 12.0. The van der Waals surface area contributed by atoms with Crippen LogP contribution in [0, 0.1) is 0 Å². The monoisotopic (exact) mass is 357 g/mol. The summed E-state index contributed by atoms with van der Waals surface area (Å²) in [6.45, 7) is 0.342. The van der Waals surface area contributed by atoms with Crippen LogP contribution >= 0.6 is 0 Å². The Balaban J connectivity index is 1.48. The van der Waals surface area contributed by atoms with Crippen molar-refractivity contribution in [1.82, 2.24) is 35.3 Å². The van der Waals surface area contributed by atoms with Crippen LogP contribution in [0.5, 0.6) is 0 Å². The first-order chi connectivity index (χ1) is 12.5. The van der Waals surface area contributed by atoms with E-state index in [0.29, 0.717) is 24.6 Å². The van der Waals surface area contributed by atoms with Gasteiger partial charge in [0.25, 0.3) is 5.91 Å². The normalized spacial score (nSPS) is 17.1. The number of hydrogen-bond donors (Lipinski definition) is 2. The lowest BCUT2D eigenvalue weighted by Crippen LogP contribution is -2.38. The van der Waals surface area contributed by atoms with Gasteiger partial charge in [0.15, 0.2) is 5.82 Å². The third-order valence-electron chi connectivity index (χ3n) is 4.19. The van der Waals surface area contributed by atoms with E-state index in [9.17, 15) is 14.4 Å². The number of urea groups is 1. The maximum atomic E-state index is 12.0. The van der Waals surface area contributed by atoms with E-state index in [1.54, 1.807) is 18.5 Å². The van der Waals surface area contributed by atoms with Crippen LogP contribution in [-0.4, -0.2) is 74.5 Å². The molecule has 1 aliphatic heterocycles. The average molecular weight is 357 g/mol. The molecule has 10 heteroatoms. The molecule has 2 aromatic heterocycles. The van der Waals surface area contributed by atoms with E-state index in [1.165, 1.54) is 19.0 Å². The van der Waals surface area contributed by atoms with Crippen LogP contribution in [0.2, 0.25) is 0 Å². The van der Waals surface area contributed by atoms with Gasteiger partial charge in [0.1, 0.15) is 11.9 Å². The maximum Gasteiger partial charge on any atom is 0.326 e. The number of likely N-dealkylation sites (N-methyl/N-ethyl adjacent to an activating group) is 2. The molecule has 2 N–H and O–H groups in total. The topological polar surface area (TPSA) is 124 Å². The molecule has 0 radical (unpaired) electrons. The van der Waals surface area contributed by atoms with E-state index < -0.39 is 12.1 Å². The Morgan fingerprint density at radius 2 is 2.15 bits per heavy atom. The molecule has 1 saturated heterocycles. The summed E-state index contributed by atoms with van der Waals surface area (Å²) in [5, 5.41) is 9.67. The molecule has 4 amide bonds. The van der Waals surface area contributed by atoms with E-state index >= 15 is 0 Å². The second-order valence-electron chi connectivity index (χ2n) is 5.96. The minimum atomic E-state index is -0.755. The molecular weight excluding hydrogens is 338 g/mol. The highest BCUT2D eigenvalue weighted by Gasteiger charge is 2.41. The van der Waals surface area contributed by atoms with Gasteiger partial charge in [0.05, 0.1) is 6.42 Å². The zero-order chi connectivity index (χ0) is 18.7. The minimum Gasteiger partial charge on any atom is -0.356 e. The number of carbonyl (C=O) groups is 3. The van der Waals surface area contributed by atoms with Crippen LogP contribution in [0.4, 0.5) is 4.79 Å². The third kappa shape index (κ3) is 3.53. The summed E-state index contributed by atoms with van der Waals surface area (Å²) in [4.78, 5) is 46.4. The highest BCUT2D eigenvalue weighted by atomic mass is 16.2. The molecule has 2 aromatic rings. The first-order valence-corrected chi connectivity index (χ1v) is 8.10. The van der Waals surface area contributed by atoms with Crippen molar-refractivity contribution in [1.29, 1.82) is 0 Å². The number of nitrogens with zero attached hydrogens (tertiary/aromatic N) is 5. The van der Waals surface area contributed by atoms with Crippen LogP contribution in [-0.2, 0) is 16.0 Å². The van der Waals surface area contributed by atoms with Crippen LogP contribution < -0.4 is 5.32 Å². The highest BCUT2D eigenvalue weighted by molar-refractivity contribution is 6.05. The van der Waals surface area contributed by atoms with Crippen molar-refractivity contribution < 1.29 is 14.4 Å². The molecule has 1 aliphatic rings. The fourth-order valence-corrected chi connectivity index (χ4v) is 2.68. The number of nitrogens with one attached hydrogen (secondary N) is 2. The summed E-state index contributed by atoms with van der Waals surface area (Å²) in [5.41, 5.74) is 0.801. The Morgan fingerprint density at radius 3 is 2.81 bits per heavy atom. The number of rotatable bonds is 6. The molecule has 26 heavy (non-hydrogen) atoms. The van der Waals surface area contributed by atoms with Gasteiger partial charge in [-0.15, -0.1) is 0 Å². The van der Waals surface area contributed by atoms with Crippen molar-refractivity contribution in [2.75, 3.05) is 20.6 Å². The third-order valence-corrected chi connectivity index (χ3v) is 4.19. The summed E-state index contributed by atoms with van der Waals surface area (Å²) in [7, 11) is 2.92. The number of aromatic amines is 1. The smallest absolute Gasteiger partial charge is 0.326 e. The van der Waals surface area contributed by atoms with Crippen LogP contribution in [0.3, 0.4) is 0 Å². The molecule has 0 saturated carbocycles. The quantitative estimate of drug-likeness (QED) is 0.691. The first kappa shape index (κ1) is 17.5. The molecule has 3 rings (SSSR count). The Bertz CT molecular complexity index is 820. The van der Waals surface area contributed by atoms with Crippen LogP contribution in [0.15, 0.2) is 24.5 Å².